The van der Waals surface area contributed by atoms with Gasteiger partial charge in [-0.3, -0.25) is 0 Å². The Hall–Kier alpha value is -2.53. The third-order valence-corrected chi connectivity index (χ3v) is 3.18. The van der Waals surface area contributed by atoms with Crippen molar-refractivity contribution < 1.29 is 14.7 Å². The van der Waals surface area contributed by atoms with Gasteiger partial charge in [-0.15, -0.1) is 0 Å². The second-order valence-corrected chi connectivity index (χ2v) is 4.77. The van der Waals surface area contributed by atoms with Crippen molar-refractivity contribution in [3.05, 3.63) is 58.6 Å². The number of carbonyl (C=O) groups is 2. The first-order valence-corrected chi connectivity index (χ1v) is 6.52. The molecule has 21 heavy (non-hydrogen) atoms. The van der Waals surface area contributed by atoms with Crippen LogP contribution in [0.3, 0.4) is 0 Å². The molecule has 0 radical (unpaired) electrons. The molecule has 0 aliphatic carbocycles. The molecule has 108 valence electrons. The van der Waals surface area contributed by atoms with Crippen LogP contribution in [0, 0.1) is 6.92 Å². The molecule has 0 saturated heterocycles. The monoisotopic (exact) mass is 304 g/mol. The topological polar surface area (TPSA) is 78.4 Å². The SMILES string of the molecule is Cc1ccccc1NC(=O)Nc1cccc(Cl)c1C(=O)O. The first-order chi connectivity index (χ1) is 9.99. The molecule has 0 heterocycles. The summed E-state index contributed by atoms with van der Waals surface area (Å²) in [5.74, 6) is -1.20. The highest BCUT2D eigenvalue weighted by Crippen LogP contribution is 2.24. The number of urea groups is 1. The summed E-state index contributed by atoms with van der Waals surface area (Å²) in [6, 6.07) is 11.2. The van der Waals surface area contributed by atoms with Crippen LogP contribution in [-0.2, 0) is 0 Å². The lowest BCUT2D eigenvalue weighted by atomic mass is 10.2. The smallest absolute Gasteiger partial charge is 0.339 e. The largest absolute Gasteiger partial charge is 0.478 e. The van der Waals surface area contributed by atoms with E-state index in [0.29, 0.717) is 5.69 Å². The van der Waals surface area contributed by atoms with Gasteiger partial charge in [0.25, 0.3) is 0 Å². The zero-order chi connectivity index (χ0) is 15.4. The van der Waals surface area contributed by atoms with Crippen LogP contribution in [0.2, 0.25) is 5.02 Å². The number of hydrogen-bond donors (Lipinski definition) is 3. The number of rotatable bonds is 3. The Morgan fingerprint density at radius 3 is 2.29 bits per heavy atom. The second kappa shape index (κ2) is 6.28. The number of aryl methyl sites for hydroxylation is 1. The Bertz CT molecular complexity index is 701. The van der Waals surface area contributed by atoms with Gasteiger partial charge in [0.2, 0.25) is 0 Å². The van der Waals surface area contributed by atoms with Gasteiger partial charge in [-0.05, 0) is 30.7 Å². The molecule has 2 aromatic rings. The summed E-state index contributed by atoms with van der Waals surface area (Å²) in [4.78, 5) is 23.1. The van der Waals surface area contributed by atoms with Crippen LogP contribution in [-0.4, -0.2) is 17.1 Å². The molecule has 0 unspecified atom stereocenters. The Morgan fingerprint density at radius 1 is 1.00 bits per heavy atom. The van der Waals surface area contributed by atoms with Gasteiger partial charge in [0.05, 0.1) is 10.7 Å². The molecule has 3 N–H and O–H groups in total. The van der Waals surface area contributed by atoms with Gasteiger partial charge >= 0.3 is 12.0 Å². The average Bonchev–Trinajstić information content (AvgIpc) is 2.41. The first kappa shape index (κ1) is 14.9. The molecule has 2 rings (SSSR count). The standard InChI is InChI=1S/C15H13ClN2O3/c1-9-5-2-3-7-11(9)17-15(21)18-12-8-4-6-10(16)13(12)14(19)20/h2-8H,1H3,(H,19,20)(H2,17,18,21). The van der Waals surface area contributed by atoms with Crippen molar-refractivity contribution in [2.75, 3.05) is 10.6 Å². The number of carbonyl (C=O) groups excluding carboxylic acids is 1. The van der Waals surface area contributed by atoms with Crippen molar-refractivity contribution in [3.8, 4) is 0 Å². The van der Waals surface area contributed by atoms with Crippen LogP contribution in [0.5, 0.6) is 0 Å². The zero-order valence-corrected chi connectivity index (χ0v) is 11.9. The molecule has 2 amide bonds. The summed E-state index contributed by atoms with van der Waals surface area (Å²) in [6.07, 6.45) is 0. The van der Waals surface area contributed by atoms with Crippen molar-refractivity contribution in [2.24, 2.45) is 0 Å². The highest BCUT2D eigenvalue weighted by molar-refractivity contribution is 6.34. The van der Waals surface area contributed by atoms with Crippen LogP contribution < -0.4 is 10.6 Å². The number of nitrogens with one attached hydrogen (secondary N) is 2. The fourth-order valence-electron chi connectivity index (χ4n) is 1.83. The maximum atomic E-state index is 12.0. The normalized spacial score (nSPS) is 10.0. The predicted octanol–water partition coefficient (Wildman–Crippen LogP) is 3.99. The minimum absolute atomic E-state index is 0.0659. The van der Waals surface area contributed by atoms with Crippen LogP contribution in [0.25, 0.3) is 0 Å². The number of benzene rings is 2. The van der Waals surface area contributed by atoms with E-state index in [0.717, 1.165) is 5.56 Å². The number of para-hydroxylation sites is 1. The number of aromatic carboxylic acids is 1. The molecule has 0 fully saturated rings. The van der Waals surface area contributed by atoms with E-state index in [9.17, 15) is 9.59 Å². The number of carboxylic acids is 1. The molecule has 0 aliphatic rings. The maximum absolute atomic E-state index is 12.0. The van der Waals surface area contributed by atoms with Crippen molar-refractivity contribution in [1.29, 1.82) is 0 Å². The van der Waals surface area contributed by atoms with Gasteiger partial charge in [-0.1, -0.05) is 35.9 Å². The third-order valence-electron chi connectivity index (χ3n) is 2.87. The van der Waals surface area contributed by atoms with Gasteiger partial charge in [0, 0.05) is 5.69 Å². The molecule has 6 heteroatoms. The van der Waals surface area contributed by atoms with Crippen LogP contribution >= 0.6 is 11.6 Å². The maximum Gasteiger partial charge on any atom is 0.339 e. The quantitative estimate of drug-likeness (QED) is 0.802. The van der Waals surface area contributed by atoms with E-state index >= 15 is 0 Å². The molecule has 2 aromatic carbocycles. The van der Waals surface area contributed by atoms with Crippen molar-refractivity contribution >= 4 is 35.0 Å². The summed E-state index contributed by atoms with van der Waals surface area (Å²) >= 11 is 5.84. The first-order valence-electron chi connectivity index (χ1n) is 6.14. The minimum atomic E-state index is -1.20. The molecule has 0 spiro atoms. The average molecular weight is 305 g/mol. The fourth-order valence-corrected chi connectivity index (χ4v) is 2.09. The van der Waals surface area contributed by atoms with Crippen LogP contribution in [0.4, 0.5) is 16.2 Å². The Kier molecular flexibility index (Phi) is 4.45. The third kappa shape index (κ3) is 3.52. The van der Waals surface area contributed by atoms with E-state index in [1.165, 1.54) is 12.1 Å². The number of hydrogen-bond acceptors (Lipinski definition) is 2. The Morgan fingerprint density at radius 2 is 1.62 bits per heavy atom. The van der Waals surface area contributed by atoms with E-state index in [-0.39, 0.29) is 16.3 Å². The van der Waals surface area contributed by atoms with Crippen LogP contribution in [0.15, 0.2) is 42.5 Å². The lowest BCUT2D eigenvalue weighted by Gasteiger charge is -2.12. The Labute approximate surface area is 126 Å². The van der Waals surface area contributed by atoms with Gasteiger partial charge in [-0.2, -0.15) is 0 Å². The van der Waals surface area contributed by atoms with E-state index in [1.807, 2.05) is 19.1 Å². The molecule has 0 aromatic heterocycles. The Balaban J connectivity index is 2.19. The number of anilines is 2. The van der Waals surface area contributed by atoms with E-state index in [4.69, 9.17) is 16.7 Å². The molecule has 5 nitrogen and oxygen atoms in total. The molecule has 0 saturated carbocycles. The van der Waals surface area contributed by atoms with Gasteiger partial charge < -0.3 is 15.7 Å². The minimum Gasteiger partial charge on any atom is -0.478 e. The predicted molar refractivity (Wildman–Crippen MR) is 82.2 cm³/mol. The molecular formula is C15H13ClN2O3. The number of halogens is 1. The second-order valence-electron chi connectivity index (χ2n) is 4.36. The summed E-state index contributed by atoms with van der Waals surface area (Å²) in [7, 11) is 0. The van der Waals surface area contributed by atoms with Gasteiger partial charge in [-0.25, -0.2) is 9.59 Å². The summed E-state index contributed by atoms with van der Waals surface area (Å²) in [5, 5.41) is 14.4. The van der Waals surface area contributed by atoms with E-state index in [2.05, 4.69) is 10.6 Å². The summed E-state index contributed by atoms with van der Waals surface area (Å²) in [6.45, 7) is 1.86. The van der Waals surface area contributed by atoms with E-state index < -0.39 is 12.0 Å². The highest BCUT2D eigenvalue weighted by atomic mass is 35.5. The number of amides is 2. The molecule has 0 atom stereocenters. The molecule has 0 bridgehead atoms. The lowest BCUT2D eigenvalue weighted by Crippen LogP contribution is -2.21. The summed E-state index contributed by atoms with van der Waals surface area (Å²) < 4.78 is 0. The van der Waals surface area contributed by atoms with Crippen LogP contribution in [0.1, 0.15) is 15.9 Å². The van der Waals surface area contributed by atoms with Gasteiger partial charge in [0.15, 0.2) is 0 Å². The van der Waals surface area contributed by atoms with Crippen molar-refractivity contribution in [2.45, 2.75) is 6.92 Å². The van der Waals surface area contributed by atoms with Crippen molar-refractivity contribution in [3.63, 3.8) is 0 Å². The summed E-state index contributed by atoms with van der Waals surface area (Å²) in [5.41, 5.74) is 1.55. The fraction of sp³-hybridized carbons (Fsp3) is 0.0667. The lowest BCUT2D eigenvalue weighted by molar-refractivity contribution is 0.0698. The molecular weight excluding hydrogens is 292 g/mol. The van der Waals surface area contributed by atoms with E-state index in [1.54, 1.807) is 18.2 Å². The van der Waals surface area contributed by atoms with Gasteiger partial charge in [0.1, 0.15) is 5.56 Å². The number of carboxylic acid groups (broad SMARTS) is 1. The zero-order valence-electron chi connectivity index (χ0n) is 11.2. The highest BCUT2D eigenvalue weighted by Gasteiger charge is 2.16. The van der Waals surface area contributed by atoms with Crippen molar-refractivity contribution in [1.82, 2.24) is 0 Å². The molecule has 0 aliphatic heterocycles.